The fourth-order valence-corrected chi connectivity index (χ4v) is 2.21. The SMILES string of the molecule is CCOc1ccc(NC(C)CCc2ccco2)c(C)c1. The van der Waals surface area contributed by atoms with E-state index in [0.717, 1.165) is 24.4 Å². The minimum Gasteiger partial charge on any atom is -0.494 e. The summed E-state index contributed by atoms with van der Waals surface area (Å²) in [5.41, 5.74) is 2.38. The molecule has 1 aromatic heterocycles. The Bertz CT molecular complexity index is 520. The van der Waals surface area contributed by atoms with Gasteiger partial charge < -0.3 is 14.5 Å². The predicted molar refractivity (Wildman–Crippen MR) is 82.5 cm³/mol. The molecule has 1 aromatic carbocycles. The number of benzene rings is 1. The van der Waals surface area contributed by atoms with Crippen LogP contribution >= 0.6 is 0 Å². The van der Waals surface area contributed by atoms with Gasteiger partial charge in [-0.1, -0.05) is 0 Å². The smallest absolute Gasteiger partial charge is 0.119 e. The number of anilines is 1. The van der Waals surface area contributed by atoms with E-state index in [9.17, 15) is 0 Å². The number of furan rings is 1. The molecule has 1 N–H and O–H groups in total. The van der Waals surface area contributed by atoms with E-state index in [-0.39, 0.29) is 0 Å². The van der Waals surface area contributed by atoms with Crippen molar-refractivity contribution in [3.05, 3.63) is 47.9 Å². The zero-order chi connectivity index (χ0) is 14.4. The number of aryl methyl sites for hydroxylation is 2. The first-order valence-corrected chi connectivity index (χ1v) is 7.21. The van der Waals surface area contributed by atoms with Crippen molar-refractivity contribution in [2.45, 2.75) is 39.7 Å². The van der Waals surface area contributed by atoms with Crippen molar-refractivity contribution in [3.63, 3.8) is 0 Å². The number of ether oxygens (including phenoxy) is 1. The van der Waals surface area contributed by atoms with E-state index < -0.39 is 0 Å². The fourth-order valence-electron chi connectivity index (χ4n) is 2.21. The van der Waals surface area contributed by atoms with E-state index in [2.05, 4.69) is 31.3 Å². The molecular formula is C17H23NO2. The second-order valence-corrected chi connectivity index (χ2v) is 5.07. The third-order valence-corrected chi connectivity index (χ3v) is 3.31. The van der Waals surface area contributed by atoms with Gasteiger partial charge in [-0.05, 0) is 63.1 Å². The Balaban J connectivity index is 1.88. The number of nitrogens with one attached hydrogen (secondary N) is 1. The van der Waals surface area contributed by atoms with Crippen molar-refractivity contribution < 1.29 is 9.15 Å². The van der Waals surface area contributed by atoms with E-state index in [4.69, 9.17) is 9.15 Å². The first kappa shape index (κ1) is 14.5. The van der Waals surface area contributed by atoms with Gasteiger partial charge in [0.05, 0.1) is 12.9 Å². The summed E-state index contributed by atoms with van der Waals surface area (Å²) in [7, 11) is 0. The lowest BCUT2D eigenvalue weighted by molar-refractivity contribution is 0.340. The molecule has 0 radical (unpaired) electrons. The second-order valence-electron chi connectivity index (χ2n) is 5.07. The van der Waals surface area contributed by atoms with E-state index in [1.165, 1.54) is 11.3 Å². The molecule has 0 aliphatic carbocycles. The molecule has 2 aromatic rings. The molecule has 0 saturated heterocycles. The van der Waals surface area contributed by atoms with Crippen molar-refractivity contribution >= 4 is 5.69 Å². The van der Waals surface area contributed by atoms with E-state index in [1.54, 1.807) is 6.26 Å². The molecule has 0 bridgehead atoms. The standard InChI is InChI=1S/C17H23NO2/c1-4-19-16-9-10-17(13(2)12-16)18-14(3)7-8-15-6-5-11-20-15/h5-6,9-12,14,18H,4,7-8H2,1-3H3. The maximum Gasteiger partial charge on any atom is 0.119 e. The van der Waals surface area contributed by atoms with Crippen LogP contribution in [0.5, 0.6) is 5.75 Å². The summed E-state index contributed by atoms with van der Waals surface area (Å²) in [6.45, 7) is 6.99. The van der Waals surface area contributed by atoms with Gasteiger partial charge in [-0.25, -0.2) is 0 Å². The Kier molecular flexibility index (Phi) is 5.10. The Morgan fingerprint density at radius 1 is 1.30 bits per heavy atom. The lowest BCUT2D eigenvalue weighted by Crippen LogP contribution is -2.16. The van der Waals surface area contributed by atoms with Crippen LogP contribution in [0.25, 0.3) is 0 Å². The third kappa shape index (κ3) is 4.05. The summed E-state index contributed by atoms with van der Waals surface area (Å²) >= 11 is 0. The molecule has 0 spiro atoms. The summed E-state index contributed by atoms with van der Waals surface area (Å²) in [5, 5.41) is 3.54. The summed E-state index contributed by atoms with van der Waals surface area (Å²) in [4.78, 5) is 0. The molecular weight excluding hydrogens is 250 g/mol. The van der Waals surface area contributed by atoms with Gasteiger partial charge >= 0.3 is 0 Å². The van der Waals surface area contributed by atoms with Crippen LogP contribution in [0.15, 0.2) is 41.0 Å². The highest BCUT2D eigenvalue weighted by atomic mass is 16.5. The van der Waals surface area contributed by atoms with Crippen LogP contribution in [-0.4, -0.2) is 12.6 Å². The quantitative estimate of drug-likeness (QED) is 0.811. The predicted octanol–water partition coefficient (Wildman–Crippen LogP) is 4.42. The first-order valence-electron chi connectivity index (χ1n) is 7.21. The topological polar surface area (TPSA) is 34.4 Å². The average Bonchev–Trinajstić information content (AvgIpc) is 2.93. The minimum absolute atomic E-state index is 0.400. The highest BCUT2D eigenvalue weighted by molar-refractivity contribution is 5.54. The lowest BCUT2D eigenvalue weighted by Gasteiger charge is -2.17. The highest BCUT2D eigenvalue weighted by Crippen LogP contribution is 2.22. The van der Waals surface area contributed by atoms with Crippen LogP contribution in [0, 0.1) is 6.92 Å². The van der Waals surface area contributed by atoms with Crippen LogP contribution in [0.4, 0.5) is 5.69 Å². The van der Waals surface area contributed by atoms with Crippen LogP contribution in [0.3, 0.4) is 0 Å². The molecule has 0 amide bonds. The van der Waals surface area contributed by atoms with Crippen LogP contribution < -0.4 is 10.1 Å². The van der Waals surface area contributed by atoms with Gasteiger partial charge in [0.1, 0.15) is 11.5 Å². The maximum absolute atomic E-state index is 5.50. The normalized spacial score (nSPS) is 12.2. The van der Waals surface area contributed by atoms with Gasteiger partial charge in [0.25, 0.3) is 0 Å². The summed E-state index contributed by atoms with van der Waals surface area (Å²) in [6.07, 6.45) is 3.72. The fraction of sp³-hybridized carbons (Fsp3) is 0.412. The van der Waals surface area contributed by atoms with Gasteiger partial charge in [0.2, 0.25) is 0 Å². The van der Waals surface area contributed by atoms with Crippen molar-refractivity contribution in [1.82, 2.24) is 0 Å². The summed E-state index contributed by atoms with van der Waals surface area (Å²) < 4.78 is 10.9. The molecule has 108 valence electrons. The monoisotopic (exact) mass is 273 g/mol. The lowest BCUT2D eigenvalue weighted by atomic mass is 10.1. The van der Waals surface area contributed by atoms with E-state index in [1.807, 2.05) is 25.1 Å². The first-order chi connectivity index (χ1) is 9.69. The number of rotatable bonds is 7. The van der Waals surface area contributed by atoms with Crippen molar-refractivity contribution in [2.75, 3.05) is 11.9 Å². The molecule has 1 atom stereocenters. The molecule has 0 aliphatic heterocycles. The molecule has 1 heterocycles. The summed E-state index contributed by atoms with van der Waals surface area (Å²) in [6, 6.07) is 10.5. The molecule has 0 aliphatic rings. The zero-order valence-corrected chi connectivity index (χ0v) is 12.5. The van der Waals surface area contributed by atoms with Gasteiger partial charge in [-0.3, -0.25) is 0 Å². The molecule has 2 rings (SSSR count). The maximum atomic E-state index is 5.50. The largest absolute Gasteiger partial charge is 0.494 e. The highest BCUT2D eigenvalue weighted by Gasteiger charge is 2.07. The van der Waals surface area contributed by atoms with Crippen LogP contribution in [0.1, 0.15) is 31.6 Å². The van der Waals surface area contributed by atoms with Gasteiger partial charge in [-0.2, -0.15) is 0 Å². The Morgan fingerprint density at radius 2 is 2.15 bits per heavy atom. The number of hydrogen-bond donors (Lipinski definition) is 1. The van der Waals surface area contributed by atoms with Gasteiger partial charge in [0, 0.05) is 18.2 Å². The molecule has 0 fully saturated rings. The molecule has 3 heteroatoms. The third-order valence-electron chi connectivity index (χ3n) is 3.31. The summed E-state index contributed by atoms with van der Waals surface area (Å²) in [5.74, 6) is 1.97. The minimum atomic E-state index is 0.400. The Morgan fingerprint density at radius 3 is 2.80 bits per heavy atom. The molecule has 20 heavy (non-hydrogen) atoms. The van der Waals surface area contributed by atoms with Crippen molar-refractivity contribution in [2.24, 2.45) is 0 Å². The van der Waals surface area contributed by atoms with Gasteiger partial charge in [-0.15, -0.1) is 0 Å². The Labute approximate surface area is 121 Å². The van der Waals surface area contributed by atoms with Crippen molar-refractivity contribution in [3.8, 4) is 5.75 Å². The Hall–Kier alpha value is -1.90. The van der Waals surface area contributed by atoms with Crippen LogP contribution in [0.2, 0.25) is 0 Å². The van der Waals surface area contributed by atoms with E-state index in [0.29, 0.717) is 12.6 Å². The van der Waals surface area contributed by atoms with Gasteiger partial charge in [0.15, 0.2) is 0 Å². The molecule has 1 unspecified atom stereocenters. The second kappa shape index (κ2) is 7.04. The van der Waals surface area contributed by atoms with Crippen LogP contribution in [-0.2, 0) is 6.42 Å². The van der Waals surface area contributed by atoms with Crippen molar-refractivity contribution in [1.29, 1.82) is 0 Å². The average molecular weight is 273 g/mol. The molecule has 0 saturated carbocycles. The number of hydrogen-bond acceptors (Lipinski definition) is 3. The molecule has 3 nitrogen and oxygen atoms in total. The van der Waals surface area contributed by atoms with E-state index >= 15 is 0 Å². The zero-order valence-electron chi connectivity index (χ0n) is 12.5.